The highest BCUT2D eigenvalue weighted by Crippen LogP contribution is 2.33. The Kier molecular flexibility index (Phi) is 6.54. The van der Waals surface area contributed by atoms with Crippen molar-refractivity contribution in [1.29, 1.82) is 0 Å². The average Bonchev–Trinajstić information content (AvgIpc) is 3.47. The topological polar surface area (TPSA) is 111 Å². The number of aromatic amines is 1. The molecule has 9 heteroatoms. The number of nitro groups is 1. The molecule has 1 saturated heterocycles. The number of H-pyrrole nitrogens is 1. The molecular weight excluding hydrogens is 436 g/mol. The van der Waals surface area contributed by atoms with E-state index < -0.39 is 10.5 Å². The molecule has 3 aromatic rings. The maximum atomic E-state index is 12.6. The zero-order valence-electron chi connectivity index (χ0n) is 19.5. The minimum absolute atomic E-state index is 0.0545. The molecular formula is C25H28N4O5. The normalized spacial score (nSPS) is 15.9. The number of nitrogens with one attached hydrogen (secondary N) is 1. The second-order valence-corrected chi connectivity index (χ2v) is 9.25. The van der Waals surface area contributed by atoms with Gasteiger partial charge in [-0.25, -0.2) is 9.78 Å². The number of carbonyl (C=O) groups excluding carboxylic acids is 1. The molecule has 4 rings (SSSR count). The molecule has 1 N–H and O–H groups in total. The van der Waals surface area contributed by atoms with Gasteiger partial charge in [-0.15, -0.1) is 0 Å². The fraction of sp³-hybridized carbons (Fsp3) is 0.360. The number of aromatic nitrogens is 2. The Morgan fingerprint density at radius 1 is 1.18 bits per heavy atom. The molecule has 1 aromatic heterocycles. The molecule has 0 radical (unpaired) electrons. The lowest BCUT2D eigenvalue weighted by atomic mass is 10.1. The molecule has 0 unspecified atom stereocenters. The van der Waals surface area contributed by atoms with E-state index in [-0.39, 0.29) is 17.8 Å². The zero-order valence-corrected chi connectivity index (χ0v) is 19.5. The number of nitrogens with zero attached hydrogens (tertiary/aromatic N) is 3. The number of carbonyl (C=O) groups is 1. The van der Waals surface area contributed by atoms with E-state index in [2.05, 4.69) is 9.97 Å². The van der Waals surface area contributed by atoms with Gasteiger partial charge in [0.05, 0.1) is 22.9 Å². The van der Waals surface area contributed by atoms with Gasteiger partial charge in [0.2, 0.25) is 0 Å². The van der Waals surface area contributed by atoms with Crippen molar-refractivity contribution in [2.75, 3.05) is 6.54 Å². The molecule has 1 aliphatic rings. The van der Waals surface area contributed by atoms with E-state index in [9.17, 15) is 14.9 Å². The lowest BCUT2D eigenvalue weighted by Gasteiger charge is -2.27. The van der Waals surface area contributed by atoms with Gasteiger partial charge in [-0.1, -0.05) is 0 Å². The van der Waals surface area contributed by atoms with Crippen LogP contribution in [0.4, 0.5) is 10.5 Å². The number of rotatable bonds is 6. The van der Waals surface area contributed by atoms with Gasteiger partial charge in [0.1, 0.15) is 23.8 Å². The maximum Gasteiger partial charge on any atom is 0.410 e. The van der Waals surface area contributed by atoms with Crippen molar-refractivity contribution < 1.29 is 19.2 Å². The molecule has 0 bridgehead atoms. The fourth-order valence-corrected chi connectivity index (χ4v) is 3.85. The van der Waals surface area contributed by atoms with Crippen molar-refractivity contribution in [3.63, 3.8) is 0 Å². The van der Waals surface area contributed by atoms with Crippen molar-refractivity contribution in [3.05, 3.63) is 76.2 Å². The number of hydrogen-bond donors (Lipinski definition) is 1. The predicted octanol–water partition coefficient (Wildman–Crippen LogP) is 5.64. The molecule has 0 aliphatic carbocycles. The van der Waals surface area contributed by atoms with Crippen molar-refractivity contribution >= 4 is 11.8 Å². The van der Waals surface area contributed by atoms with Crippen LogP contribution in [0.5, 0.6) is 5.75 Å². The Morgan fingerprint density at radius 2 is 1.88 bits per heavy atom. The first-order valence-corrected chi connectivity index (χ1v) is 11.2. The first-order valence-electron chi connectivity index (χ1n) is 11.2. The summed E-state index contributed by atoms with van der Waals surface area (Å²) in [6, 6.07) is 13.8. The van der Waals surface area contributed by atoms with E-state index in [0.717, 1.165) is 35.5 Å². The van der Waals surface area contributed by atoms with Crippen molar-refractivity contribution in [2.45, 2.75) is 51.9 Å². The molecule has 2 heterocycles. The Bertz CT molecular complexity index is 1150. The minimum atomic E-state index is -0.541. The van der Waals surface area contributed by atoms with E-state index >= 15 is 0 Å². The van der Waals surface area contributed by atoms with E-state index in [4.69, 9.17) is 9.47 Å². The number of likely N-dealkylation sites (tertiary alicyclic amines) is 1. The van der Waals surface area contributed by atoms with Crippen LogP contribution < -0.4 is 4.74 Å². The quantitative estimate of drug-likeness (QED) is 0.374. The van der Waals surface area contributed by atoms with Gasteiger partial charge in [0.25, 0.3) is 5.69 Å². The summed E-state index contributed by atoms with van der Waals surface area (Å²) in [6.45, 7) is 6.55. The second-order valence-electron chi connectivity index (χ2n) is 9.25. The number of hydrogen-bond acceptors (Lipinski definition) is 6. The summed E-state index contributed by atoms with van der Waals surface area (Å²) in [5.41, 5.74) is 2.16. The number of nitro benzene ring substituents is 1. The van der Waals surface area contributed by atoms with Crippen LogP contribution in [0.1, 0.15) is 51.0 Å². The lowest BCUT2D eigenvalue weighted by molar-refractivity contribution is -0.384. The third-order valence-electron chi connectivity index (χ3n) is 5.51. The highest BCUT2D eigenvalue weighted by Gasteiger charge is 2.34. The van der Waals surface area contributed by atoms with Gasteiger partial charge >= 0.3 is 6.09 Å². The van der Waals surface area contributed by atoms with Crippen LogP contribution in [-0.4, -0.2) is 38.0 Å². The van der Waals surface area contributed by atoms with Crippen LogP contribution in [-0.2, 0) is 11.3 Å². The highest BCUT2D eigenvalue weighted by molar-refractivity contribution is 5.69. The molecule has 9 nitrogen and oxygen atoms in total. The average molecular weight is 465 g/mol. The summed E-state index contributed by atoms with van der Waals surface area (Å²) < 4.78 is 11.3. The third-order valence-corrected chi connectivity index (χ3v) is 5.51. The number of amides is 1. The molecule has 0 saturated carbocycles. The predicted molar refractivity (Wildman–Crippen MR) is 126 cm³/mol. The second kappa shape index (κ2) is 9.54. The maximum absolute atomic E-state index is 12.6. The number of benzene rings is 2. The summed E-state index contributed by atoms with van der Waals surface area (Å²) in [4.78, 5) is 32.6. The molecule has 1 amide bonds. The summed E-state index contributed by atoms with van der Waals surface area (Å²) in [5.74, 6) is 1.44. The van der Waals surface area contributed by atoms with Crippen molar-refractivity contribution in [2.24, 2.45) is 0 Å². The van der Waals surface area contributed by atoms with Gasteiger partial charge < -0.3 is 14.5 Å². The first-order chi connectivity index (χ1) is 16.2. The van der Waals surface area contributed by atoms with Crippen molar-refractivity contribution in [1.82, 2.24) is 14.9 Å². The molecule has 34 heavy (non-hydrogen) atoms. The standard InChI is InChI=1S/C25H28N4O5/c1-25(2,3)34-24(30)28-14-4-5-22(28)23-26-15-21(27-23)18-8-12-20(13-9-18)33-16-17-6-10-19(11-7-17)29(31)32/h6-13,15,22H,4-5,14,16H2,1-3H3,(H,26,27)/t22-/m0/s1. The van der Waals surface area contributed by atoms with Gasteiger partial charge in [-0.05, 0) is 81.1 Å². The summed E-state index contributed by atoms with van der Waals surface area (Å²) in [5, 5.41) is 10.8. The highest BCUT2D eigenvalue weighted by atomic mass is 16.6. The Balaban J connectivity index is 1.38. The van der Waals surface area contributed by atoms with E-state index in [1.165, 1.54) is 12.1 Å². The van der Waals surface area contributed by atoms with Crippen LogP contribution in [0.25, 0.3) is 11.3 Å². The van der Waals surface area contributed by atoms with Gasteiger partial charge in [0, 0.05) is 18.7 Å². The Labute approximate surface area is 197 Å². The van der Waals surface area contributed by atoms with Gasteiger partial charge in [0.15, 0.2) is 0 Å². The van der Waals surface area contributed by atoms with Crippen LogP contribution >= 0.6 is 0 Å². The van der Waals surface area contributed by atoms with Crippen LogP contribution in [0.3, 0.4) is 0 Å². The molecule has 0 spiro atoms. The van der Waals surface area contributed by atoms with Crippen LogP contribution in [0.15, 0.2) is 54.7 Å². The minimum Gasteiger partial charge on any atom is -0.489 e. The smallest absolute Gasteiger partial charge is 0.410 e. The fourth-order valence-electron chi connectivity index (χ4n) is 3.85. The number of imidazole rings is 1. The van der Waals surface area contributed by atoms with E-state index in [1.807, 2.05) is 45.0 Å². The summed E-state index contributed by atoms with van der Waals surface area (Å²) in [6.07, 6.45) is 3.19. The number of non-ortho nitro benzene ring substituents is 1. The first kappa shape index (κ1) is 23.3. The zero-order chi connectivity index (χ0) is 24.3. The lowest BCUT2D eigenvalue weighted by Crippen LogP contribution is -2.36. The number of ether oxygens (including phenoxy) is 2. The summed E-state index contributed by atoms with van der Waals surface area (Å²) >= 11 is 0. The van der Waals surface area contributed by atoms with Gasteiger partial charge in [-0.3, -0.25) is 15.0 Å². The monoisotopic (exact) mass is 464 g/mol. The van der Waals surface area contributed by atoms with Crippen LogP contribution in [0.2, 0.25) is 0 Å². The Morgan fingerprint density at radius 3 is 2.53 bits per heavy atom. The van der Waals surface area contributed by atoms with Crippen molar-refractivity contribution in [3.8, 4) is 17.0 Å². The third kappa shape index (κ3) is 5.54. The van der Waals surface area contributed by atoms with E-state index in [1.54, 1.807) is 23.2 Å². The molecule has 1 atom stereocenters. The van der Waals surface area contributed by atoms with Gasteiger partial charge in [-0.2, -0.15) is 0 Å². The van der Waals surface area contributed by atoms with E-state index in [0.29, 0.717) is 18.9 Å². The van der Waals surface area contributed by atoms with Crippen LogP contribution in [0, 0.1) is 10.1 Å². The molecule has 1 fully saturated rings. The molecule has 178 valence electrons. The Hall–Kier alpha value is -3.88. The molecule has 1 aliphatic heterocycles. The largest absolute Gasteiger partial charge is 0.489 e. The molecule has 2 aromatic carbocycles. The SMILES string of the molecule is CC(C)(C)OC(=O)N1CCC[C@H]1c1ncc(-c2ccc(OCc3ccc([N+](=O)[O-])cc3)cc2)[nH]1. The summed E-state index contributed by atoms with van der Waals surface area (Å²) in [7, 11) is 0.